The van der Waals surface area contributed by atoms with Crippen LogP contribution in [0, 0.1) is 0 Å². The number of alkyl halides is 2. The van der Waals surface area contributed by atoms with Gasteiger partial charge in [0.05, 0.1) is 24.0 Å². The highest BCUT2D eigenvalue weighted by atomic mass is 35.5. The Morgan fingerprint density at radius 2 is 0.938 bits per heavy atom. The highest BCUT2D eigenvalue weighted by molar-refractivity contribution is 6.74. The number of ether oxygens (including phenoxy) is 6. The highest BCUT2D eigenvalue weighted by Gasteiger charge is 2.60. The van der Waals surface area contributed by atoms with Crippen LogP contribution in [0.2, 0.25) is 56.6 Å². The van der Waals surface area contributed by atoms with E-state index >= 15 is 8.78 Å². The lowest BCUT2D eigenvalue weighted by Crippen LogP contribution is -2.41. The van der Waals surface area contributed by atoms with E-state index in [1.807, 2.05) is 0 Å². The molecular weight excluding hydrogens is 1150 g/mol. The molecule has 10 atom stereocenters. The number of aromatic nitrogens is 6. The molecule has 16 nitrogen and oxygen atoms in total. The van der Waals surface area contributed by atoms with Crippen molar-refractivity contribution in [3.63, 3.8) is 0 Å². The Bertz CT molecular complexity index is 3100. The second-order valence-corrected chi connectivity index (χ2v) is 35.8. The molecule has 0 bridgehead atoms. The summed E-state index contributed by atoms with van der Waals surface area (Å²) in [5.74, 6) is -2.78. The van der Waals surface area contributed by atoms with Crippen molar-refractivity contribution in [1.82, 2.24) is 29.1 Å². The molecule has 4 fully saturated rings. The summed E-state index contributed by atoms with van der Waals surface area (Å²) in [4.78, 5) is 44.9. The zero-order valence-corrected chi connectivity index (χ0v) is 52.2. The van der Waals surface area contributed by atoms with Gasteiger partial charge in [0.15, 0.2) is 64.4 Å². The Hall–Kier alpha value is -3.85. The first-order valence-electron chi connectivity index (χ1n) is 26.4. The second kappa shape index (κ2) is 22.3. The lowest BCUT2D eigenvalue weighted by molar-refractivity contribution is -0.191. The number of hydrogen-bond donors (Lipinski definition) is 0. The topological polar surface area (TPSA) is 169 Å². The van der Waals surface area contributed by atoms with Crippen LogP contribution >= 0.6 is 46.4 Å². The fourth-order valence-corrected chi connectivity index (χ4v) is 12.6. The molecule has 0 spiro atoms. The standard InChI is InChI=1S/2C28H34Cl2FN3O5Si/c2*1-27(2,3)40(6,7)36-13-19(31)18-12-15(29)8-9-16(18)20(35)21-22-23(39-28(4,5)38-22)26(37-21)34-11-10-17-24(30)32-14-33-25(17)34/h2*8-12,14,19,21-23,26H,13H2,1-7H3/t19-,21+,22+,23+,26+;19-,21-,22-,23-,26-/m01/s1. The molecule has 0 radical (unpaired) electrons. The van der Waals surface area contributed by atoms with E-state index in [2.05, 4.69) is 87.7 Å². The third-order valence-corrected chi connectivity index (χ3v) is 26.1. The van der Waals surface area contributed by atoms with Crippen molar-refractivity contribution in [1.29, 1.82) is 0 Å². The summed E-state index contributed by atoms with van der Waals surface area (Å²) in [6, 6.07) is 12.7. The van der Waals surface area contributed by atoms with Crippen LogP contribution in [0.1, 0.15) is 126 Å². The molecule has 4 aliphatic heterocycles. The number of nitrogens with zero attached hydrogens (tertiary/aromatic N) is 6. The van der Waals surface area contributed by atoms with Gasteiger partial charge in [-0.2, -0.15) is 0 Å². The van der Waals surface area contributed by atoms with Gasteiger partial charge in [-0.25, -0.2) is 28.7 Å². The summed E-state index contributed by atoms with van der Waals surface area (Å²) < 4.78 is 84.8. The van der Waals surface area contributed by atoms with E-state index in [-0.39, 0.29) is 45.5 Å². The summed E-state index contributed by atoms with van der Waals surface area (Å²) in [5.41, 5.74) is 1.70. The molecule has 0 amide bonds. The van der Waals surface area contributed by atoms with Crippen LogP contribution in [0.4, 0.5) is 8.78 Å². The maximum absolute atomic E-state index is 15.8. The molecule has 432 valence electrons. The Balaban J connectivity index is 0.000000194. The predicted octanol–water partition coefficient (Wildman–Crippen LogP) is 14.1. The molecule has 10 rings (SSSR count). The lowest BCUT2D eigenvalue weighted by atomic mass is 9.94. The molecule has 80 heavy (non-hydrogen) atoms. The monoisotopic (exact) mass is 1220 g/mol. The second-order valence-electron chi connectivity index (χ2n) is 24.5. The summed E-state index contributed by atoms with van der Waals surface area (Å²) in [5, 5.41) is 2.34. The third kappa shape index (κ3) is 12.0. The number of Topliss-reactive ketones (excluding diaryl/α,β-unsaturated/α-hetero) is 2. The van der Waals surface area contributed by atoms with Crippen LogP contribution in [0.15, 0.2) is 73.6 Å². The predicted molar refractivity (Wildman–Crippen MR) is 306 cm³/mol. The molecule has 24 heteroatoms. The lowest BCUT2D eigenvalue weighted by Gasteiger charge is -2.36. The van der Waals surface area contributed by atoms with Crippen molar-refractivity contribution in [3.05, 3.63) is 116 Å². The minimum absolute atomic E-state index is 0.0915. The van der Waals surface area contributed by atoms with Gasteiger partial charge in [-0.1, -0.05) is 87.9 Å². The van der Waals surface area contributed by atoms with E-state index in [1.54, 1.807) is 73.5 Å². The van der Waals surface area contributed by atoms with Gasteiger partial charge in [0.2, 0.25) is 0 Å². The minimum Gasteiger partial charge on any atom is -0.414 e. The maximum atomic E-state index is 15.8. The van der Waals surface area contributed by atoms with Crippen LogP contribution in [0.3, 0.4) is 0 Å². The van der Waals surface area contributed by atoms with Crippen molar-refractivity contribution in [2.24, 2.45) is 0 Å². The molecule has 4 saturated heterocycles. The van der Waals surface area contributed by atoms with E-state index < -0.39 is 101 Å². The number of hydrogen-bond acceptors (Lipinski definition) is 14. The zero-order valence-electron chi connectivity index (χ0n) is 47.1. The zero-order chi connectivity index (χ0) is 58.4. The number of carbonyl (C=O) groups excluding carboxylic acids is 2. The molecule has 4 aliphatic rings. The number of benzene rings is 2. The van der Waals surface area contributed by atoms with Crippen LogP contribution in [0.5, 0.6) is 0 Å². The quantitative estimate of drug-likeness (QED) is 0.0573. The number of rotatable bonds is 14. The van der Waals surface area contributed by atoms with Gasteiger partial charge in [0.25, 0.3) is 0 Å². The average Bonchev–Trinajstić information content (AvgIpc) is 4.29. The van der Waals surface area contributed by atoms with Gasteiger partial charge in [0, 0.05) is 44.7 Å². The van der Waals surface area contributed by atoms with Crippen LogP contribution < -0.4 is 0 Å². The Labute approximate surface area is 486 Å². The fourth-order valence-electron chi connectivity index (χ4n) is 9.83. The molecule has 0 aliphatic carbocycles. The first kappa shape index (κ1) is 60.7. The molecular formula is C56H68Cl4F2N6O10Si2. The van der Waals surface area contributed by atoms with Crippen LogP contribution in [-0.2, 0) is 37.3 Å². The third-order valence-electron chi connectivity index (χ3n) is 16.1. The van der Waals surface area contributed by atoms with Crippen molar-refractivity contribution >= 4 is 96.7 Å². The summed E-state index contributed by atoms with van der Waals surface area (Å²) in [6.07, 6.45) is -3.27. The van der Waals surface area contributed by atoms with Gasteiger partial charge in [-0.3, -0.25) is 9.59 Å². The van der Waals surface area contributed by atoms with E-state index in [0.717, 1.165) is 0 Å². The van der Waals surface area contributed by atoms with E-state index in [9.17, 15) is 9.59 Å². The van der Waals surface area contributed by atoms with E-state index in [1.165, 1.54) is 36.9 Å². The first-order chi connectivity index (χ1) is 37.2. The van der Waals surface area contributed by atoms with Gasteiger partial charge in [-0.05, 0) is 112 Å². The van der Waals surface area contributed by atoms with Gasteiger partial charge in [0.1, 0.15) is 71.0 Å². The summed E-state index contributed by atoms with van der Waals surface area (Å²) >= 11 is 25.0. The molecule has 0 N–H and O–H groups in total. The number of carbonyl (C=O) groups is 2. The SMILES string of the molecule is CC1(C)O[C@@H]2[C@H](O1)[C@@H](C(=O)c1ccc(Cl)cc1[C@@H](F)CO[Si](C)(C)C(C)(C)C)O[C@H]2n1ccc2c(Cl)ncnc21.CC1(C)O[C@@H]2[C@H](O1)[C@@H](C(=O)c1ccc(Cl)cc1[C@H](F)CO[Si](C)(C)C(C)(C)C)O[C@H]2n1ccc2c(Cl)ncnc21. The van der Waals surface area contributed by atoms with Crippen LogP contribution in [0.25, 0.3) is 22.1 Å². The van der Waals surface area contributed by atoms with Gasteiger partial charge in [-0.15, -0.1) is 0 Å². The minimum atomic E-state index is -2.23. The first-order valence-corrected chi connectivity index (χ1v) is 33.7. The maximum Gasteiger partial charge on any atom is 0.194 e. The van der Waals surface area contributed by atoms with Crippen molar-refractivity contribution in [2.45, 2.75) is 178 Å². The molecule has 6 aromatic rings. The van der Waals surface area contributed by atoms with Crippen LogP contribution in [-0.4, -0.2) is 119 Å². The van der Waals surface area contributed by atoms with E-state index in [0.29, 0.717) is 42.4 Å². The van der Waals surface area contributed by atoms with Crippen molar-refractivity contribution in [2.75, 3.05) is 13.2 Å². The Kier molecular flexibility index (Phi) is 16.9. The highest BCUT2D eigenvalue weighted by Crippen LogP contribution is 2.48. The van der Waals surface area contributed by atoms with Gasteiger partial charge >= 0.3 is 0 Å². The number of fused-ring (bicyclic) bond motifs is 4. The Morgan fingerprint density at radius 1 is 0.588 bits per heavy atom. The largest absolute Gasteiger partial charge is 0.414 e. The number of halogens is 6. The van der Waals surface area contributed by atoms with Crippen molar-refractivity contribution in [3.8, 4) is 0 Å². The summed E-state index contributed by atoms with van der Waals surface area (Å²) in [7, 11) is -4.45. The van der Waals surface area contributed by atoms with E-state index in [4.69, 9.17) is 83.7 Å². The molecule has 8 heterocycles. The molecule has 2 aromatic carbocycles. The normalized spacial score (nSPS) is 25.4. The number of ketones is 2. The molecule has 0 unspecified atom stereocenters. The summed E-state index contributed by atoms with van der Waals surface area (Å²) in [6.45, 7) is 27.5. The average molecular weight is 1220 g/mol. The molecule has 4 aromatic heterocycles. The fraction of sp³-hybridized carbons (Fsp3) is 0.536. The Morgan fingerprint density at radius 3 is 1.29 bits per heavy atom. The molecule has 0 saturated carbocycles. The van der Waals surface area contributed by atoms with Crippen molar-refractivity contribution < 1.29 is 55.6 Å². The van der Waals surface area contributed by atoms with Gasteiger partial charge < -0.3 is 46.4 Å². The smallest absolute Gasteiger partial charge is 0.194 e.